The fourth-order valence-electron chi connectivity index (χ4n) is 1.96. The molecule has 0 bridgehead atoms. The van der Waals surface area contributed by atoms with Crippen LogP contribution in [-0.2, 0) is 6.42 Å². The third kappa shape index (κ3) is 3.99. The SMILES string of the molecule is CCc1nnc(C)cc1C(=O)NC(C)(CC)CCN. The minimum absolute atomic E-state index is 0.0901. The van der Waals surface area contributed by atoms with Gasteiger partial charge in [0.25, 0.3) is 5.91 Å². The van der Waals surface area contributed by atoms with Gasteiger partial charge in [0.1, 0.15) is 0 Å². The number of rotatable bonds is 6. The van der Waals surface area contributed by atoms with Crippen molar-refractivity contribution >= 4 is 5.91 Å². The lowest BCUT2D eigenvalue weighted by molar-refractivity contribution is 0.0898. The van der Waals surface area contributed by atoms with E-state index in [-0.39, 0.29) is 11.4 Å². The average Bonchev–Trinajstić information content (AvgIpc) is 2.38. The van der Waals surface area contributed by atoms with Gasteiger partial charge in [-0.2, -0.15) is 10.2 Å². The minimum atomic E-state index is -0.270. The number of aryl methyl sites for hydroxylation is 2. The maximum Gasteiger partial charge on any atom is 0.253 e. The quantitative estimate of drug-likeness (QED) is 0.817. The van der Waals surface area contributed by atoms with E-state index in [9.17, 15) is 4.79 Å². The van der Waals surface area contributed by atoms with Crippen molar-refractivity contribution in [2.45, 2.75) is 52.5 Å². The molecule has 1 aromatic heterocycles. The lowest BCUT2D eigenvalue weighted by Crippen LogP contribution is -2.47. The van der Waals surface area contributed by atoms with E-state index >= 15 is 0 Å². The summed E-state index contributed by atoms with van der Waals surface area (Å²) in [6.45, 7) is 8.42. The first-order valence-corrected chi connectivity index (χ1v) is 6.81. The highest BCUT2D eigenvalue weighted by Gasteiger charge is 2.25. The fraction of sp³-hybridized carbons (Fsp3) is 0.643. The molecule has 0 aliphatic rings. The Hall–Kier alpha value is -1.49. The van der Waals surface area contributed by atoms with Crippen LogP contribution in [0.1, 0.15) is 55.4 Å². The minimum Gasteiger partial charge on any atom is -0.347 e. The maximum atomic E-state index is 12.4. The molecule has 5 nitrogen and oxygen atoms in total. The van der Waals surface area contributed by atoms with Gasteiger partial charge in [0.2, 0.25) is 0 Å². The fourth-order valence-corrected chi connectivity index (χ4v) is 1.96. The summed E-state index contributed by atoms with van der Waals surface area (Å²) in [4.78, 5) is 12.4. The van der Waals surface area contributed by atoms with E-state index in [2.05, 4.69) is 15.5 Å². The highest BCUT2D eigenvalue weighted by atomic mass is 16.1. The molecule has 1 aromatic rings. The first kappa shape index (κ1) is 15.6. The van der Waals surface area contributed by atoms with Crippen LogP contribution in [0.3, 0.4) is 0 Å². The van der Waals surface area contributed by atoms with Gasteiger partial charge in [0.15, 0.2) is 0 Å². The van der Waals surface area contributed by atoms with Gasteiger partial charge < -0.3 is 11.1 Å². The van der Waals surface area contributed by atoms with Crippen molar-refractivity contribution < 1.29 is 4.79 Å². The monoisotopic (exact) mass is 264 g/mol. The summed E-state index contributed by atoms with van der Waals surface area (Å²) in [6, 6.07) is 1.79. The molecule has 0 spiro atoms. The zero-order chi connectivity index (χ0) is 14.5. The number of hydrogen-bond acceptors (Lipinski definition) is 4. The number of nitrogens with two attached hydrogens (primary N) is 1. The summed E-state index contributed by atoms with van der Waals surface area (Å²) in [6.07, 6.45) is 2.29. The molecule has 1 unspecified atom stereocenters. The van der Waals surface area contributed by atoms with Gasteiger partial charge in [-0.15, -0.1) is 0 Å². The molecule has 1 heterocycles. The lowest BCUT2D eigenvalue weighted by Gasteiger charge is -2.29. The molecule has 3 N–H and O–H groups in total. The van der Waals surface area contributed by atoms with Crippen LogP contribution >= 0.6 is 0 Å². The molecule has 1 amide bonds. The normalized spacial score (nSPS) is 13.9. The van der Waals surface area contributed by atoms with Crippen molar-refractivity contribution in [3.63, 3.8) is 0 Å². The second kappa shape index (κ2) is 6.61. The van der Waals surface area contributed by atoms with Crippen LogP contribution in [0.15, 0.2) is 6.07 Å². The van der Waals surface area contributed by atoms with Gasteiger partial charge in [0, 0.05) is 5.54 Å². The summed E-state index contributed by atoms with van der Waals surface area (Å²) in [7, 11) is 0. The number of nitrogens with one attached hydrogen (secondary N) is 1. The van der Waals surface area contributed by atoms with Crippen LogP contribution in [0.25, 0.3) is 0 Å². The molecule has 1 rings (SSSR count). The van der Waals surface area contributed by atoms with Crippen LogP contribution in [-0.4, -0.2) is 28.2 Å². The molecule has 5 heteroatoms. The maximum absolute atomic E-state index is 12.4. The molecule has 0 fully saturated rings. The summed E-state index contributed by atoms with van der Waals surface area (Å²) >= 11 is 0. The molecule has 106 valence electrons. The first-order valence-electron chi connectivity index (χ1n) is 6.81. The molecule has 0 saturated carbocycles. The Balaban J connectivity index is 2.97. The first-order chi connectivity index (χ1) is 8.95. The summed E-state index contributed by atoms with van der Waals surface area (Å²) < 4.78 is 0. The van der Waals surface area contributed by atoms with Gasteiger partial charge in [-0.1, -0.05) is 13.8 Å². The van der Waals surface area contributed by atoms with E-state index in [0.717, 1.165) is 24.2 Å². The molecule has 0 aliphatic carbocycles. The molecule has 0 aromatic carbocycles. The van der Waals surface area contributed by atoms with Crippen LogP contribution in [0, 0.1) is 6.92 Å². The van der Waals surface area contributed by atoms with E-state index < -0.39 is 0 Å². The lowest BCUT2D eigenvalue weighted by atomic mass is 9.94. The Morgan fingerprint density at radius 3 is 2.63 bits per heavy atom. The van der Waals surface area contributed by atoms with Crippen LogP contribution < -0.4 is 11.1 Å². The summed E-state index contributed by atoms with van der Waals surface area (Å²) in [5.41, 5.74) is 7.44. The van der Waals surface area contributed by atoms with E-state index in [1.807, 2.05) is 27.7 Å². The van der Waals surface area contributed by atoms with E-state index in [4.69, 9.17) is 5.73 Å². The molecule has 1 atom stereocenters. The summed E-state index contributed by atoms with van der Waals surface area (Å²) in [5.74, 6) is -0.0901. The smallest absolute Gasteiger partial charge is 0.253 e. The van der Waals surface area contributed by atoms with Crippen LogP contribution in [0.2, 0.25) is 0 Å². The average molecular weight is 264 g/mol. The zero-order valence-corrected chi connectivity index (χ0v) is 12.3. The topological polar surface area (TPSA) is 80.9 Å². The number of hydrogen-bond donors (Lipinski definition) is 2. The highest BCUT2D eigenvalue weighted by Crippen LogP contribution is 2.16. The largest absolute Gasteiger partial charge is 0.347 e. The van der Waals surface area contributed by atoms with Crippen molar-refractivity contribution in [1.29, 1.82) is 0 Å². The van der Waals surface area contributed by atoms with Gasteiger partial charge in [0.05, 0.1) is 17.0 Å². The second-order valence-corrected chi connectivity index (χ2v) is 5.11. The van der Waals surface area contributed by atoms with Gasteiger partial charge in [-0.05, 0) is 45.7 Å². The van der Waals surface area contributed by atoms with Crippen molar-refractivity contribution in [3.05, 3.63) is 23.0 Å². The van der Waals surface area contributed by atoms with Gasteiger partial charge in [-0.25, -0.2) is 0 Å². The Morgan fingerprint density at radius 1 is 1.42 bits per heavy atom. The summed E-state index contributed by atoms with van der Waals surface area (Å²) in [5, 5.41) is 11.2. The number of carbonyl (C=O) groups excluding carboxylic acids is 1. The Labute approximate surface area is 115 Å². The third-order valence-electron chi connectivity index (χ3n) is 3.46. The Bertz CT molecular complexity index is 447. The highest BCUT2D eigenvalue weighted by molar-refractivity contribution is 5.95. The Kier molecular flexibility index (Phi) is 5.42. The Morgan fingerprint density at radius 2 is 2.11 bits per heavy atom. The van der Waals surface area contributed by atoms with Crippen LogP contribution in [0.4, 0.5) is 0 Å². The number of carbonyl (C=O) groups is 1. The molecule has 19 heavy (non-hydrogen) atoms. The van der Waals surface area contributed by atoms with Crippen molar-refractivity contribution in [1.82, 2.24) is 15.5 Å². The van der Waals surface area contributed by atoms with E-state index in [0.29, 0.717) is 18.5 Å². The number of nitrogens with zero attached hydrogens (tertiary/aromatic N) is 2. The van der Waals surface area contributed by atoms with Crippen molar-refractivity contribution in [3.8, 4) is 0 Å². The molecular weight excluding hydrogens is 240 g/mol. The van der Waals surface area contributed by atoms with E-state index in [1.54, 1.807) is 6.07 Å². The van der Waals surface area contributed by atoms with Gasteiger partial charge in [-0.3, -0.25) is 4.79 Å². The zero-order valence-electron chi connectivity index (χ0n) is 12.3. The van der Waals surface area contributed by atoms with Gasteiger partial charge >= 0.3 is 0 Å². The molecular formula is C14H24N4O. The number of aromatic nitrogens is 2. The number of amides is 1. The molecule has 0 aliphatic heterocycles. The predicted octanol–water partition coefficient (Wildman–Crippen LogP) is 1.59. The van der Waals surface area contributed by atoms with Crippen LogP contribution in [0.5, 0.6) is 0 Å². The third-order valence-corrected chi connectivity index (χ3v) is 3.46. The van der Waals surface area contributed by atoms with E-state index in [1.165, 1.54) is 0 Å². The molecule has 0 radical (unpaired) electrons. The molecule has 0 saturated heterocycles. The second-order valence-electron chi connectivity index (χ2n) is 5.11. The van der Waals surface area contributed by atoms with Crippen molar-refractivity contribution in [2.24, 2.45) is 5.73 Å². The standard InChI is InChI=1S/C14H24N4O/c1-5-12-11(9-10(3)17-18-12)13(19)16-14(4,6-2)7-8-15/h9H,5-8,15H2,1-4H3,(H,16,19). The predicted molar refractivity (Wildman–Crippen MR) is 76.0 cm³/mol. The van der Waals surface area contributed by atoms with Crippen molar-refractivity contribution in [2.75, 3.05) is 6.54 Å².